The molecule has 1 fully saturated rings. The van der Waals surface area contributed by atoms with Crippen molar-refractivity contribution in [3.8, 4) is 5.75 Å². The zero-order valence-electron chi connectivity index (χ0n) is 15.3. The molecule has 3 rings (SSSR count). The van der Waals surface area contributed by atoms with E-state index in [1.165, 1.54) is 38.5 Å². The van der Waals surface area contributed by atoms with Gasteiger partial charge in [-0.05, 0) is 73.6 Å². The Balaban J connectivity index is 1.62. The van der Waals surface area contributed by atoms with Crippen LogP contribution >= 0.6 is 0 Å². The maximum Gasteiger partial charge on any atom is 0.165 e. The van der Waals surface area contributed by atoms with Crippen LogP contribution in [0.2, 0.25) is 0 Å². The summed E-state index contributed by atoms with van der Waals surface area (Å²) in [6, 6.07) is 3.58. The van der Waals surface area contributed by atoms with Gasteiger partial charge < -0.3 is 4.74 Å². The quantitative estimate of drug-likeness (QED) is 0.570. The highest BCUT2D eigenvalue weighted by Gasteiger charge is 2.23. The molecule has 25 heavy (non-hydrogen) atoms. The summed E-state index contributed by atoms with van der Waals surface area (Å²) in [5.41, 5.74) is 1.83. The molecule has 0 spiro atoms. The van der Waals surface area contributed by atoms with E-state index in [1.54, 1.807) is 6.07 Å². The van der Waals surface area contributed by atoms with Crippen LogP contribution in [0.3, 0.4) is 0 Å². The van der Waals surface area contributed by atoms with Gasteiger partial charge in [0.05, 0.1) is 6.67 Å². The number of aryl methyl sites for hydroxylation is 1. The minimum Gasteiger partial charge on any atom is -0.487 e. The number of hydrogen-bond acceptors (Lipinski definition) is 1. The second-order valence-electron chi connectivity index (χ2n) is 7.68. The van der Waals surface area contributed by atoms with Crippen molar-refractivity contribution >= 4 is 6.08 Å². The molecular weight excluding hydrogens is 318 g/mol. The molecular formula is C22H30F2O. The van der Waals surface area contributed by atoms with Crippen LogP contribution in [0, 0.1) is 17.7 Å². The van der Waals surface area contributed by atoms with Gasteiger partial charge in [0.15, 0.2) is 11.6 Å². The number of fused-ring (bicyclic) bond motifs is 1. The van der Waals surface area contributed by atoms with E-state index < -0.39 is 6.67 Å². The maximum atomic E-state index is 14.4. The van der Waals surface area contributed by atoms with Gasteiger partial charge in [-0.3, -0.25) is 4.39 Å². The summed E-state index contributed by atoms with van der Waals surface area (Å²) in [5.74, 6) is 1.55. The van der Waals surface area contributed by atoms with Crippen LogP contribution in [0.5, 0.6) is 5.75 Å². The normalized spacial score (nSPS) is 26.4. The molecule has 0 amide bonds. The first-order valence-electron chi connectivity index (χ1n) is 9.92. The van der Waals surface area contributed by atoms with Crippen LogP contribution in [-0.4, -0.2) is 12.8 Å². The number of rotatable bonds is 6. The summed E-state index contributed by atoms with van der Waals surface area (Å²) in [7, 11) is 0. The van der Waals surface area contributed by atoms with Gasteiger partial charge in [0.1, 0.15) is 6.10 Å². The second-order valence-corrected chi connectivity index (χ2v) is 7.68. The lowest BCUT2D eigenvalue weighted by Crippen LogP contribution is -2.24. The highest BCUT2D eigenvalue weighted by atomic mass is 19.1. The fraction of sp³-hybridized carbons (Fsp3) is 0.636. The third-order valence-electron chi connectivity index (χ3n) is 5.74. The first-order chi connectivity index (χ1) is 12.2. The van der Waals surface area contributed by atoms with Gasteiger partial charge in [-0.1, -0.05) is 31.9 Å². The Hall–Kier alpha value is -1.38. The molecule has 0 bridgehead atoms. The number of benzene rings is 1. The molecule has 1 atom stereocenters. The van der Waals surface area contributed by atoms with Gasteiger partial charge in [-0.2, -0.15) is 0 Å². The van der Waals surface area contributed by atoms with Crippen LogP contribution in [-0.2, 0) is 6.42 Å². The smallest absolute Gasteiger partial charge is 0.165 e. The molecule has 138 valence electrons. The zero-order chi connectivity index (χ0) is 17.6. The van der Waals surface area contributed by atoms with Gasteiger partial charge >= 0.3 is 0 Å². The van der Waals surface area contributed by atoms with Crippen molar-refractivity contribution in [2.75, 3.05) is 6.67 Å². The van der Waals surface area contributed by atoms with E-state index in [1.807, 2.05) is 6.07 Å². The lowest BCUT2D eigenvalue weighted by Gasteiger charge is -2.27. The minimum absolute atomic E-state index is 0.188. The van der Waals surface area contributed by atoms with E-state index in [-0.39, 0.29) is 11.9 Å². The molecule has 1 aliphatic carbocycles. The van der Waals surface area contributed by atoms with Gasteiger partial charge in [-0.15, -0.1) is 0 Å². The molecule has 1 aliphatic heterocycles. The minimum atomic E-state index is -0.414. The van der Waals surface area contributed by atoms with Gasteiger partial charge in [0.2, 0.25) is 0 Å². The Morgan fingerprint density at radius 3 is 2.64 bits per heavy atom. The van der Waals surface area contributed by atoms with Gasteiger partial charge in [0, 0.05) is 6.42 Å². The monoisotopic (exact) mass is 348 g/mol. The molecule has 1 heterocycles. The molecule has 1 saturated carbocycles. The van der Waals surface area contributed by atoms with Crippen LogP contribution in [0.25, 0.3) is 6.08 Å². The largest absolute Gasteiger partial charge is 0.487 e. The fourth-order valence-corrected chi connectivity index (χ4v) is 4.28. The van der Waals surface area contributed by atoms with E-state index in [9.17, 15) is 8.78 Å². The summed E-state index contributed by atoms with van der Waals surface area (Å²) in [4.78, 5) is 0. The molecule has 1 aromatic carbocycles. The van der Waals surface area contributed by atoms with Crippen LogP contribution in [0.15, 0.2) is 18.2 Å². The van der Waals surface area contributed by atoms with E-state index >= 15 is 0 Å². The van der Waals surface area contributed by atoms with Crippen molar-refractivity contribution in [3.63, 3.8) is 0 Å². The third kappa shape index (κ3) is 4.83. The lowest BCUT2D eigenvalue weighted by atomic mass is 9.80. The maximum absolute atomic E-state index is 14.4. The van der Waals surface area contributed by atoms with Crippen LogP contribution in [0.1, 0.15) is 69.4 Å². The van der Waals surface area contributed by atoms with E-state index in [2.05, 4.69) is 19.1 Å². The summed E-state index contributed by atoms with van der Waals surface area (Å²) >= 11 is 0. The molecule has 0 saturated heterocycles. The van der Waals surface area contributed by atoms with Gasteiger partial charge in [-0.25, -0.2) is 4.39 Å². The zero-order valence-corrected chi connectivity index (χ0v) is 15.3. The predicted molar refractivity (Wildman–Crippen MR) is 99.1 cm³/mol. The Kier molecular flexibility index (Phi) is 6.50. The molecule has 3 heteroatoms. The highest BCUT2D eigenvalue weighted by Crippen LogP contribution is 2.35. The van der Waals surface area contributed by atoms with E-state index in [4.69, 9.17) is 4.74 Å². The molecule has 0 aromatic heterocycles. The fourth-order valence-electron chi connectivity index (χ4n) is 4.28. The molecule has 1 nitrogen and oxygen atoms in total. The van der Waals surface area contributed by atoms with Crippen molar-refractivity contribution in [1.29, 1.82) is 0 Å². The topological polar surface area (TPSA) is 9.23 Å². The average molecular weight is 348 g/mol. The summed E-state index contributed by atoms with van der Waals surface area (Å²) < 4.78 is 32.5. The number of allylic oxidation sites excluding steroid dienone is 1. The van der Waals surface area contributed by atoms with Crippen LogP contribution in [0.4, 0.5) is 8.78 Å². The predicted octanol–water partition coefficient (Wildman–Crippen LogP) is 6.50. The first kappa shape index (κ1) is 18.4. The standard InChI is InChI=1S/C22H30F2O/c1-2-3-16-4-6-17(7-5-16)8-9-18-14-19-10-11-20(12-13-23)25-22(19)21(24)15-18/h8-9,14-17,20H,2-7,10-13H2,1H3/b9-8+. The average Bonchev–Trinajstić information content (AvgIpc) is 2.62. The second kappa shape index (κ2) is 8.82. The Morgan fingerprint density at radius 1 is 1.12 bits per heavy atom. The Labute approximate surface area is 150 Å². The molecule has 2 aliphatic rings. The SMILES string of the molecule is CCCC1CCC(/C=C/c2cc(F)c3c(c2)CCC(CCF)O3)CC1. The summed E-state index contributed by atoms with van der Waals surface area (Å²) in [5, 5.41) is 0. The van der Waals surface area contributed by atoms with Crippen molar-refractivity contribution in [2.45, 2.75) is 70.8 Å². The summed E-state index contributed by atoms with van der Waals surface area (Å²) in [6.07, 6.45) is 13.8. The van der Waals surface area contributed by atoms with Crippen molar-refractivity contribution in [1.82, 2.24) is 0 Å². The summed E-state index contributed by atoms with van der Waals surface area (Å²) in [6.45, 7) is 1.85. The number of alkyl halides is 1. The lowest BCUT2D eigenvalue weighted by molar-refractivity contribution is 0.146. The first-order valence-corrected chi connectivity index (χ1v) is 9.92. The van der Waals surface area contributed by atoms with Crippen molar-refractivity contribution < 1.29 is 13.5 Å². The van der Waals surface area contributed by atoms with Gasteiger partial charge in [0.25, 0.3) is 0 Å². The number of ether oxygens (including phenoxy) is 1. The number of halogens is 2. The number of hydrogen-bond donors (Lipinski definition) is 0. The Bertz CT molecular complexity index is 588. The van der Waals surface area contributed by atoms with Crippen molar-refractivity contribution in [2.24, 2.45) is 11.8 Å². The van der Waals surface area contributed by atoms with Crippen LogP contribution < -0.4 is 4.74 Å². The molecule has 0 radical (unpaired) electrons. The Morgan fingerprint density at radius 2 is 1.92 bits per heavy atom. The van der Waals surface area contributed by atoms with E-state index in [0.29, 0.717) is 18.1 Å². The third-order valence-corrected chi connectivity index (χ3v) is 5.74. The van der Waals surface area contributed by atoms with E-state index in [0.717, 1.165) is 29.9 Å². The molecule has 0 N–H and O–H groups in total. The molecule has 1 unspecified atom stereocenters. The molecule has 1 aromatic rings. The highest BCUT2D eigenvalue weighted by molar-refractivity contribution is 5.54. The van der Waals surface area contributed by atoms with Crippen molar-refractivity contribution in [3.05, 3.63) is 35.2 Å².